The number of hydrogen-bond acceptors (Lipinski definition) is 4. The van der Waals surface area contributed by atoms with Gasteiger partial charge in [-0.1, -0.05) is 13.8 Å². The van der Waals surface area contributed by atoms with Crippen molar-refractivity contribution in [1.29, 1.82) is 0 Å². The van der Waals surface area contributed by atoms with E-state index in [1.807, 2.05) is 11.6 Å². The third-order valence-electron chi connectivity index (χ3n) is 2.51. The first-order chi connectivity index (χ1) is 7.20. The van der Waals surface area contributed by atoms with Crippen molar-refractivity contribution in [3.63, 3.8) is 0 Å². The van der Waals surface area contributed by atoms with Crippen molar-refractivity contribution in [1.82, 2.24) is 10.3 Å². The fourth-order valence-corrected chi connectivity index (χ4v) is 1.92. The molecule has 0 radical (unpaired) electrons. The molecule has 0 aromatic carbocycles. The normalized spacial score (nSPS) is 13.3. The molecule has 0 spiro atoms. The number of nitrogens with zero attached hydrogens (tertiary/aromatic N) is 1. The molecule has 0 saturated heterocycles. The Labute approximate surface area is 96.1 Å². The van der Waals surface area contributed by atoms with Gasteiger partial charge >= 0.3 is 0 Å². The maximum absolute atomic E-state index is 5.94. The second-order valence-electron chi connectivity index (χ2n) is 4.12. The molecule has 0 bridgehead atoms. The second-order valence-corrected chi connectivity index (χ2v) is 5.10. The van der Waals surface area contributed by atoms with Crippen LogP contribution in [0.1, 0.15) is 25.3 Å². The predicted octanol–water partition coefficient (Wildman–Crippen LogP) is 1.65. The molecule has 1 rings (SSSR count). The van der Waals surface area contributed by atoms with Crippen molar-refractivity contribution in [3.05, 3.63) is 16.6 Å². The van der Waals surface area contributed by atoms with E-state index in [0.29, 0.717) is 12.0 Å². The monoisotopic (exact) mass is 227 g/mol. The molecule has 3 N–H and O–H groups in total. The molecule has 0 aliphatic heterocycles. The fraction of sp³-hybridized carbons (Fsp3) is 0.727. The minimum Gasteiger partial charge on any atom is -0.327 e. The van der Waals surface area contributed by atoms with Gasteiger partial charge in [0.1, 0.15) is 0 Å². The first-order valence-corrected chi connectivity index (χ1v) is 6.42. The highest BCUT2D eigenvalue weighted by molar-refractivity contribution is 7.09. The maximum Gasteiger partial charge on any atom is 0.0937 e. The summed E-state index contributed by atoms with van der Waals surface area (Å²) in [4.78, 5) is 4.23. The minimum absolute atomic E-state index is 0.317. The van der Waals surface area contributed by atoms with Crippen molar-refractivity contribution < 1.29 is 0 Å². The van der Waals surface area contributed by atoms with E-state index in [1.54, 1.807) is 11.3 Å². The topological polar surface area (TPSA) is 50.9 Å². The summed E-state index contributed by atoms with van der Waals surface area (Å²) in [7, 11) is 0. The van der Waals surface area contributed by atoms with E-state index in [9.17, 15) is 0 Å². The van der Waals surface area contributed by atoms with E-state index >= 15 is 0 Å². The number of hydrogen-bond donors (Lipinski definition) is 2. The quantitative estimate of drug-likeness (QED) is 0.696. The fourth-order valence-electron chi connectivity index (χ4n) is 1.30. The van der Waals surface area contributed by atoms with Crippen LogP contribution in [0.25, 0.3) is 0 Å². The SMILES string of the molecule is CC(C)C(N)CCNCCc1nccs1. The van der Waals surface area contributed by atoms with Crippen LogP contribution in [-0.4, -0.2) is 24.1 Å². The Kier molecular flexibility index (Phi) is 5.83. The molecule has 3 nitrogen and oxygen atoms in total. The molecule has 0 saturated carbocycles. The largest absolute Gasteiger partial charge is 0.327 e. The van der Waals surface area contributed by atoms with Crippen LogP contribution in [0, 0.1) is 5.92 Å². The van der Waals surface area contributed by atoms with Crippen molar-refractivity contribution in [2.75, 3.05) is 13.1 Å². The molecule has 1 atom stereocenters. The summed E-state index contributed by atoms with van der Waals surface area (Å²) < 4.78 is 0. The van der Waals surface area contributed by atoms with Crippen molar-refractivity contribution >= 4 is 11.3 Å². The predicted molar refractivity (Wildman–Crippen MR) is 66.1 cm³/mol. The van der Waals surface area contributed by atoms with Gasteiger partial charge < -0.3 is 11.1 Å². The first-order valence-electron chi connectivity index (χ1n) is 5.55. The van der Waals surface area contributed by atoms with Crippen LogP contribution in [0.2, 0.25) is 0 Å². The summed E-state index contributed by atoms with van der Waals surface area (Å²) in [5, 5.41) is 6.62. The number of thiazole rings is 1. The van der Waals surface area contributed by atoms with E-state index in [0.717, 1.165) is 25.9 Å². The summed E-state index contributed by atoms with van der Waals surface area (Å²) in [6, 6.07) is 0.317. The lowest BCUT2D eigenvalue weighted by molar-refractivity contribution is 0.450. The molecule has 0 amide bonds. The molecule has 1 heterocycles. The average Bonchev–Trinajstić information content (AvgIpc) is 2.69. The van der Waals surface area contributed by atoms with Crippen LogP contribution in [0.15, 0.2) is 11.6 Å². The highest BCUT2D eigenvalue weighted by Crippen LogP contribution is 2.04. The Bertz CT molecular complexity index is 246. The zero-order valence-corrected chi connectivity index (χ0v) is 10.4. The maximum atomic E-state index is 5.94. The third kappa shape index (κ3) is 5.25. The van der Waals surface area contributed by atoms with E-state index < -0.39 is 0 Å². The van der Waals surface area contributed by atoms with Crippen LogP contribution in [-0.2, 0) is 6.42 Å². The van der Waals surface area contributed by atoms with Crippen molar-refractivity contribution in [3.8, 4) is 0 Å². The van der Waals surface area contributed by atoms with Crippen LogP contribution < -0.4 is 11.1 Å². The van der Waals surface area contributed by atoms with Gasteiger partial charge in [0.05, 0.1) is 5.01 Å². The van der Waals surface area contributed by atoms with Crippen LogP contribution in [0.4, 0.5) is 0 Å². The van der Waals surface area contributed by atoms with Crippen LogP contribution >= 0.6 is 11.3 Å². The molecule has 0 fully saturated rings. The van der Waals surface area contributed by atoms with E-state index in [-0.39, 0.29) is 0 Å². The van der Waals surface area contributed by atoms with Gasteiger partial charge in [-0.2, -0.15) is 0 Å². The number of rotatable bonds is 7. The Balaban J connectivity index is 1.98. The molecule has 15 heavy (non-hydrogen) atoms. The lowest BCUT2D eigenvalue weighted by Crippen LogP contribution is -2.31. The third-order valence-corrected chi connectivity index (χ3v) is 3.35. The molecule has 86 valence electrons. The number of nitrogens with one attached hydrogen (secondary N) is 1. The van der Waals surface area contributed by atoms with Gasteiger partial charge in [0.25, 0.3) is 0 Å². The van der Waals surface area contributed by atoms with E-state index in [4.69, 9.17) is 5.73 Å². The van der Waals surface area contributed by atoms with Crippen LogP contribution in [0.5, 0.6) is 0 Å². The van der Waals surface area contributed by atoms with E-state index in [1.165, 1.54) is 5.01 Å². The second kappa shape index (κ2) is 6.93. The minimum atomic E-state index is 0.317. The zero-order chi connectivity index (χ0) is 11.1. The lowest BCUT2D eigenvalue weighted by Gasteiger charge is -2.15. The highest BCUT2D eigenvalue weighted by Gasteiger charge is 2.06. The van der Waals surface area contributed by atoms with E-state index in [2.05, 4.69) is 24.1 Å². The zero-order valence-electron chi connectivity index (χ0n) is 9.57. The van der Waals surface area contributed by atoms with Gasteiger partial charge in [-0.3, -0.25) is 0 Å². The Morgan fingerprint density at radius 1 is 1.47 bits per heavy atom. The Hall–Kier alpha value is -0.450. The molecular weight excluding hydrogens is 206 g/mol. The van der Waals surface area contributed by atoms with Crippen molar-refractivity contribution in [2.45, 2.75) is 32.7 Å². The molecule has 4 heteroatoms. The summed E-state index contributed by atoms with van der Waals surface area (Å²) >= 11 is 1.72. The molecular formula is C11H21N3S. The summed E-state index contributed by atoms with van der Waals surface area (Å²) in [5.74, 6) is 0.575. The van der Waals surface area contributed by atoms with Gasteiger partial charge in [0.15, 0.2) is 0 Å². The summed E-state index contributed by atoms with van der Waals surface area (Å²) in [6.45, 7) is 6.34. The van der Waals surface area contributed by atoms with Gasteiger partial charge in [-0.15, -0.1) is 11.3 Å². The number of aromatic nitrogens is 1. The highest BCUT2D eigenvalue weighted by atomic mass is 32.1. The summed E-state index contributed by atoms with van der Waals surface area (Å²) in [6.07, 6.45) is 3.93. The molecule has 1 aromatic rings. The standard InChI is InChI=1S/C11H21N3S/c1-9(2)10(12)3-5-13-6-4-11-14-7-8-15-11/h7-10,13H,3-6,12H2,1-2H3. The van der Waals surface area contributed by atoms with Gasteiger partial charge in [-0.05, 0) is 18.9 Å². The molecule has 0 aliphatic rings. The first kappa shape index (κ1) is 12.6. The van der Waals surface area contributed by atoms with Crippen molar-refractivity contribution in [2.24, 2.45) is 11.7 Å². The van der Waals surface area contributed by atoms with Crippen LogP contribution in [0.3, 0.4) is 0 Å². The molecule has 1 aromatic heterocycles. The smallest absolute Gasteiger partial charge is 0.0937 e. The number of nitrogens with two attached hydrogens (primary N) is 1. The summed E-state index contributed by atoms with van der Waals surface area (Å²) in [5.41, 5.74) is 5.94. The Morgan fingerprint density at radius 2 is 2.27 bits per heavy atom. The average molecular weight is 227 g/mol. The molecule has 0 aliphatic carbocycles. The van der Waals surface area contributed by atoms with Gasteiger partial charge in [0.2, 0.25) is 0 Å². The van der Waals surface area contributed by atoms with Gasteiger partial charge in [0, 0.05) is 30.6 Å². The molecule has 1 unspecified atom stereocenters. The lowest BCUT2D eigenvalue weighted by atomic mass is 10.0. The van der Waals surface area contributed by atoms with Gasteiger partial charge in [-0.25, -0.2) is 4.98 Å². The Morgan fingerprint density at radius 3 is 2.87 bits per heavy atom.